The molecule has 1 heterocycles. The van der Waals surface area contributed by atoms with Gasteiger partial charge in [-0.3, -0.25) is 0 Å². The van der Waals surface area contributed by atoms with Crippen molar-refractivity contribution >= 4 is 46.4 Å². The third kappa shape index (κ3) is 5.46. The van der Waals surface area contributed by atoms with Crippen molar-refractivity contribution in [1.29, 1.82) is 0 Å². The molecular formula is C45H38NP. The highest BCUT2D eigenvalue weighted by atomic mass is 31.1. The van der Waals surface area contributed by atoms with Gasteiger partial charge in [0, 0.05) is 22.2 Å². The fourth-order valence-electron chi connectivity index (χ4n) is 7.35. The van der Waals surface area contributed by atoms with E-state index in [0.717, 1.165) is 12.8 Å². The number of fused-ring (bicyclic) bond motifs is 3. The lowest BCUT2D eigenvalue weighted by Gasteiger charge is -2.37. The fraction of sp³-hybridized carbons (Fsp3) is 0.111. The molecule has 1 aliphatic rings. The molecule has 7 aromatic rings. The van der Waals surface area contributed by atoms with Gasteiger partial charge in [0.25, 0.3) is 0 Å². The highest BCUT2D eigenvalue weighted by molar-refractivity contribution is 7.74. The molecule has 0 fully saturated rings. The summed E-state index contributed by atoms with van der Waals surface area (Å²) in [4.78, 5) is 2.53. The number of anilines is 3. The van der Waals surface area contributed by atoms with Crippen LogP contribution in [0.5, 0.6) is 0 Å². The fourth-order valence-corrected chi connectivity index (χ4v) is 10.3. The van der Waals surface area contributed by atoms with Crippen LogP contribution in [0.1, 0.15) is 30.5 Å². The highest BCUT2D eigenvalue weighted by Gasteiger charge is 2.34. The van der Waals surface area contributed by atoms with E-state index in [2.05, 4.69) is 189 Å². The standard InChI is InChI=1S/C45H38NP/c1-45(2,47(39-20-5-3-6-21-39)40-22-7-4-8-23-40)37-18-14-19-38(32-37)46-43-26-12-10-16-34(43)27-28-35-29-30-36(31-44(35)46)42-25-13-17-33-15-9-11-24-41(33)42/h3-26,29-32H,27-28H2,1-2H3. The highest BCUT2D eigenvalue weighted by Crippen LogP contribution is 2.55. The predicted octanol–water partition coefficient (Wildman–Crippen LogP) is 11.4. The molecule has 8 rings (SSSR count). The van der Waals surface area contributed by atoms with E-state index in [-0.39, 0.29) is 5.16 Å². The monoisotopic (exact) mass is 623 g/mol. The topological polar surface area (TPSA) is 3.24 Å². The minimum absolute atomic E-state index is 0.118. The van der Waals surface area contributed by atoms with E-state index in [1.807, 2.05) is 0 Å². The summed E-state index contributed by atoms with van der Waals surface area (Å²) in [6, 6.07) is 63.0. The van der Waals surface area contributed by atoms with Crippen molar-refractivity contribution < 1.29 is 0 Å². The van der Waals surface area contributed by atoms with Gasteiger partial charge in [0.2, 0.25) is 0 Å². The molecule has 1 aliphatic heterocycles. The molecule has 228 valence electrons. The van der Waals surface area contributed by atoms with Crippen molar-refractivity contribution in [3.63, 3.8) is 0 Å². The Morgan fingerprint density at radius 3 is 1.89 bits per heavy atom. The minimum Gasteiger partial charge on any atom is -0.310 e. The van der Waals surface area contributed by atoms with Crippen molar-refractivity contribution in [2.75, 3.05) is 4.90 Å². The third-order valence-corrected chi connectivity index (χ3v) is 12.7. The van der Waals surface area contributed by atoms with E-state index in [0.29, 0.717) is 0 Å². The van der Waals surface area contributed by atoms with E-state index in [1.165, 1.54) is 66.3 Å². The van der Waals surface area contributed by atoms with Crippen LogP contribution >= 0.6 is 7.92 Å². The van der Waals surface area contributed by atoms with Crippen LogP contribution in [0.3, 0.4) is 0 Å². The van der Waals surface area contributed by atoms with Gasteiger partial charge < -0.3 is 4.90 Å². The largest absolute Gasteiger partial charge is 0.310 e. The number of hydrogen-bond acceptors (Lipinski definition) is 1. The van der Waals surface area contributed by atoms with Gasteiger partial charge in [-0.05, 0) is 94.2 Å². The van der Waals surface area contributed by atoms with Crippen molar-refractivity contribution in [3.05, 3.63) is 187 Å². The number of aryl methyl sites for hydroxylation is 2. The molecule has 0 bridgehead atoms. The number of rotatable bonds is 6. The summed E-state index contributed by atoms with van der Waals surface area (Å²) in [7, 11) is -0.682. The van der Waals surface area contributed by atoms with E-state index in [4.69, 9.17) is 0 Å². The lowest BCUT2D eigenvalue weighted by molar-refractivity contribution is 0.772. The van der Waals surface area contributed by atoms with Gasteiger partial charge >= 0.3 is 0 Å². The maximum Gasteiger partial charge on any atom is 0.0500 e. The van der Waals surface area contributed by atoms with Crippen LogP contribution in [0.25, 0.3) is 21.9 Å². The van der Waals surface area contributed by atoms with Crippen LogP contribution in [-0.2, 0) is 18.0 Å². The van der Waals surface area contributed by atoms with Crippen LogP contribution in [0.15, 0.2) is 170 Å². The average molecular weight is 624 g/mol. The number of nitrogens with zero attached hydrogens (tertiary/aromatic N) is 1. The second-order valence-corrected chi connectivity index (χ2v) is 15.8. The number of hydrogen-bond donors (Lipinski definition) is 0. The van der Waals surface area contributed by atoms with Crippen molar-refractivity contribution in [2.24, 2.45) is 0 Å². The average Bonchev–Trinajstić information content (AvgIpc) is 3.29. The van der Waals surface area contributed by atoms with Crippen molar-refractivity contribution in [1.82, 2.24) is 0 Å². The Bertz CT molecular complexity index is 2140. The van der Waals surface area contributed by atoms with E-state index in [9.17, 15) is 0 Å². The summed E-state index contributed by atoms with van der Waals surface area (Å²) >= 11 is 0. The van der Waals surface area contributed by atoms with Gasteiger partial charge in [0.1, 0.15) is 0 Å². The Balaban J connectivity index is 1.30. The molecule has 2 heteroatoms. The van der Waals surface area contributed by atoms with Crippen LogP contribution in [0.4, 0.5) is 17.1 Å². The maximum absolute atomic E-state index is 2.53. The minimum atomic E-state index is -0.682. The Morgan fingerprint density at radius 2 is 1.13 bits per heavy atom. The molecule has 7 aromatic carbocycles. The SMILES string of the molecule is CC(C)(c1cccc(N2c3ccccc3CCc3ccc(-c4cccc5ccccc45)cc32)c1)P(c1ccccc1)c1ccccc1. The Labute approximate surface area is 279 Å². The summed E-state index contributed by atoms with van der Waals surface area (Å²) < 4.78 is 0. The first-order chi connectivity index (χ1) is 23.1. The molecule has 0 unspecified atom stereocenters. The van der Waals surface area contributed by atoms with Crippen LogP contribution in [0, 0.1) is 0 Å². The molecule has 0 saturated heterocycles. The molecule has 0 saturated carbocycles. The molecule has 0 radical (unpaired) electrons. The van der Waals surface area contributed by atoms with Crippen molar-refractivity contribution in [3.8, 4) is 11.1 Å². The van der Waals surface area contributed by atoms with Crippen molar-refractivity contribution in [2.45, 2.75) is 31.8 Å². The van der Waals surface area contributed by atoms with Gasteiger partial charge in [-0.25, -0.2) is 0 Å². The molecule has 0 aromatic heterocycles. The molecule has 0 spiro atoms. The first kappa shape index (κ1) is 29.4. The van der Waals surface area contributed by atoms with Gasteiger partial charge in [-0.15, -0.1) is 0 Å². The third-order valence-electron chi connectivity index (χ3n) is 9.72. The Kier molecular flexibility index (Phi) is 7.72. The van der Waals surface area contributed by atoms with E-state index in [1.54, 1.807) is 0 Å². The lowest BCUT2D eigenvalue weighted by atomic mass is 9.95. The van der Waals surface area contributed by atoms with Gasteiger partial charge in [-0.2, -0.15) is 0 Å². The van der Waals surface area contributed by atoms with Gasteiger partial charge in [0.15, 0.2) is 0 Å². The van der Waals surface area contributed by atoms with E-state index >= 15 is 0 Å². The second kappa shape index (κ2) is 12.3. The zero-order valence-corrected chi connectivity index (χ0v) is 27.9. The molecule has 0 N–H and O–H groups in total. The molecular weight excluding hydrogens is 585 g/mol. The van der Waals surface area contributed by atoms with Gasteiger partial charge in [0.05, 0.1) is 0 Å². The predicted molar refractivity (Wildman–Crippen MR) is 204 cm³/mol. The summed E-state index contributed by atoms with van der Waals surface area (Å²) in [5.41, 5.74) is 10.4. The Morgan fingerprint density at radius 1 is 0.511 bits per heavy atom. The maximum atomic E-state index is 2.53. The summed E-state index contributed by atoms with van der Waals surface area (Å²) in [6.45, 7) is 4.86. The Hall–Kier alpha value is -4.97. The molecule has 0 aliphatic carbocycles. The quantitative estimate of drug-likeness (QED) is 0.167. The number of benzene rings is 7. The normalized spacial score (nSPS) is 12.9. The molecule has 47 heavy (non-hydrogen) atoms. The molecule has 1 nitrogen and oxygen atoms in total. The summed E-state index contributed by atoms with van der Waals surface area (Å²) in [5, 5.41) is 5.23. The van der Waals surface area contributed by atoms with Crippen LogP contribution in [0.2, 0.25) is 0 Å². The van der Waals surface area contributed by atoms with E-state index < -0.39 is 7.92 Å². The lowest BCUT2D eigenvalue weighted by Crippen LogP contribution is -2.27. The second-order valence-electron chi connectivity index (χ2n) is 13.0. The smallest absolute Gasteiger partial charge is 0.0500 e. The first-order valence-corrected chi connectivity index (χ1v) is 17.9. The molecule has 0 atom stereocenters. The first-order valence-electron chi connectivity index (χ1n) is 16.6. The van der Waals surface area contributed by atoms with Crippen LogP contribution < -0.4 is 15.5 Å². The summed E-state index contributed by atoms with van der Waals surface area (Å²) in [5.74, 6) is 0. The zero-order chi connectivity index (χ0) is 31.8. The zero-order valence-electron chi connectivity index (χ0n) is 27.0. The summed E-state index contributed by atoms with van der Waals surface area (Å²) in [6.07, 6.45) is 2.03. The molecule has 0 amide bonds. The van der Waals surface area contributed by atoms with Gasteiger partial charge in [-0.1, -0.05) is 159 Å². The van der Waals surface area contributed by atoms with Crippen LogP contribution in [-0.4, -0.2) is 0 Å². The number of para-hydroxylation sites is 1.